The molecule has 4 atom stereocenters. The molecule has 1 aromatic heterocycles. The van der Waals surface area contributed by atoms with Crippen molar-refractivity contribution in [1.29, 1.82) is 0 Å². The van der Waals surface area contributed by atoms with Crippen LogP contribution in [0.25, 0.3) is 0 Å². The van der Waals surface area contributed by atoms with Crippen molar-refractivity contribution in [1.82, 2.24) is 9.55 Å². The first-order valence-corrected chi connectivity index (χ1v) is 6.27. The fourth-order valence-corrected chi connectivity index (χ4v) is 2.38. The van der Waals surface area contributed by atoms with E-state index in [9.17, 15) is 4.79 Å². The number of aromatic nitrogens is 2. The Morgan fingerprint density at radius 1 is 1.50 bits per heavy atom. The van der Waals surface area contributed by atoms with Crippen LogP contribution < -0.4 is 17.2 Å². The number of rotatable bonds is 4. The second kappa shape index (κ2) is 5.88. The van der Waals surface area contributed by atoms with Crippen molar-refractivity contribution in [2.75, 3.05) is 26.6 Å². The molecule has 0 aromatic carbocycles. The Morgan fingerprint density at radius 2 is 2.20 bits per heavy atom. The predicted octanol–water partition coefficient (Wildman–Crippen LogP) is -0.980. The highest BCUT2D eigenvalue weighted by Gasteiger charge is 2.44. The summed E-state index contributed by atoms with van der Waals surface area (Å²) in [6, 6.07) is -0.498. The van der Waals surface area contributed by atoms with Gasteiger partial charge in [-0.05, 0) is 6.92 Å². The fraction of sp³-hybridized carbons (Fsp3) is 0.667. The van der Waals surface area contributed by atoms with Gasteiger partial charge in [0.1, 0.15) is 18.0 Å². The highest BCUT2D eigenvalue weighted by atomic mass is 16.6. The first-order chi connectivity index (χ1) is 9.49. The Hall–Kier alpha value is -1.48. The third kappa shape index (κ3) is 2.55. The van der Waals surface area contributed by atoms with E-state index >= 15 is 0 Å². The molecule has 0 amide bonds. The number of nitrogens with two attached hydrogens (primary N) is 2. The van der Waals surface area contributed by atoms with Gasteiger partial charge in [-0.2, -0.15) is 4.98 Å². The van der Waals surface area contributed by atoms with Crippen molar-refractivity contribution < 1.29 is 14.2 Å². The van der Waals surface area contributed by atoms with Gasteiger partial charge in [0.05, 0.1) is 12.6 Å². The van der Waals surface area contributed by atoms with E-state index in [2.05, 4.69) is 4.98 Å². The van der Waals surface area contributed by atoms with E-state index in [1.54, 1.807) is 27.3 Å². The number of nitrogen functional groups attached to an aromatic ring is 1. The lowest BCUT2D eigenvalue weighted by Gasteiger charge is -2.19. The SMILES string of the molecule is COC[C@H]1O[C@@H](n2cc(C)c(N)nc2=O)C(N)C1OC. The van der Waals surface area contributed by atoms with E-state index in [4.69, 9.17) is 25.7 Å². The summed E-state index contributed by atoms with van der Waals surface area (Å²) in [6.45, 7) is 2.10. The Kier molecular flexibility index (Phi) is 4.39. The second-order valence-corrected chi connectivity index (χ2v) is 4.80. The molecule has 8 heteroatoms. The molecule has 2 rings (SSSR count). The van der Waals surface area contributed by atoms with Crippen molar-refractivity contribution in [3.8, 4) is 0 Å². The van der Waals surface area contributed by atoms with Gasteiger partial charge in [-0.3, -0.25) is 4.57 Å². The summed E-state index contributed by atoms with van der Waals surface area (Å²) in [5.74, 6) is 0.203. The number of anilines is 1. The van der Waals surface area contributed by atoms with Gasteiger partial charge in [-0.15, -0.1) is 0 Å². The second-order valence-electron chi connectivity index (χ2n) is 4.80. The largest absolute Gasteiger partial charge is 0.383 e. The van der Waals surface area contributed by atoms with Crippen molar-refractivity contribution >= 4 is 5.82 Å². The Balaban J connectivity index is 2.34. The van der Waals surface area contributed by atoms with Gasteiger partial charge < -0.3 is 25.7 Å². The number of nitrogens with zero attached hydrogens (tertiary/aromatic N) is 2. The lowest BCUT2D eigenvalue weighted by molar-refractivity contribution is -0.0619. The van der Waals surface area contributed by atoms with Crippen LogP contribution in [-0.4, -0.2) is 48.6 Å². The van der Waals surface area contributed by atoms with Gasteiger partial charge in [0.15, 0.2) is 6.23 Å². The molecular weight excluding hydrogens is 264 g/mol. The standard InChI is InChI=1S/C12H20N4O4/c1-6-4-16(12(17)15-10(6)14)11-8(13)9(19-3)7(20-11)5-18-2/h4,7-9,11H,5,13H2,1-3H3,(H2,14,15,17)/t7-,8?,9?,11-/m1/s1. The molecule has 20 heavy (non-hydrogen) atoms. The first-order valence-electron chi connectivity index (χ1n) is 6.27. The minimum absolute atomic E-state index is 0.203. The molecule has 0 bridgehead atoms. The molecule has 1 aromatic rings. The van der Waals surface area contributed by atoms with E-state index in [1.807, 2.05) is 0 Å². The monoisotopic (exact) mass is 284 g/mol. The van der Waals surface area contributed by atoms with Crippen LogP contribution in [0.5, 0.6) is 0 Å². The van der Waals surface area contributed by atoms with Gasteiger partial charge in [-0.25, -0.2) is 4.79 Å². The van der Waals surface area contributed by atoms with Crippen molar-refractivity contribution in [3.05, 3.63) is 22.2 Å². The molecule has 1 aliphatic heterocycles. The van der Waals surface area contributed by atoms with Crippen LogP contribution in [-0.2, 0) is 14.2 Å². The molecule has 0 radical (unpaired) electrons. The molecule has 2 unspecified atom stereocenters. The lowest BCUT2D eigenvalue weighted by Crippen LogP contribution is -2.43. The van der Waals surface area contributed by atoms with E-state index in [0.717, 1.165) is 0 Å². The third-order valence-electron chi connectivity index (χ3n) is 3.44. The molecule has 8 nitrogen and oxygen atoms in total. The molecule has 0 saturated carbocycles. The molecule has 1 aliphatic rings. The van der Waals surface area contributed by atoms with E-state index in [0.29, 0.717) is 12.2 Å². The van der Waals surface area contributed by atoms with Gasteiger partial charge in [0.25, 0.3) is 0 Å². The van der Waals surface area contributed by atoms with E-state index in [1.165, 1.54) is 4.57 Å². The van der Waals surface area contributed by atoms with Crippen LogP contribution in [0, 0.1) is 6.92 Å². The van der Waals surface area contributed by atoms with Crippen molar-refractivity contribution in [2.24, 2.45) is 5.73 Å². The van der Waals surface area contributed by atoms with E-state index in [-0.39, 0.29) is 18.0 Å². The molecule has 1 fully saturated rings. The number of methoxy groups -OCH3 is 2. The summed E-state index contributed by atoms with van der Waals surface area (Å²) >= 11 is 0. The maximum atomic E-state index is 11.9. The number of ether oxygens (including phenoxy) is 3. The maximum Gasteiger partial charge on any atom is 0.351 e. The van der Waals surface area contributed by atoms with Crippen LogP contribution in [0.15, 0.2) is 11.0 Å². The summed E-state index contributed by atoms with van der Waals surface area (Å²) in [6.07, 6.45) is 0.246. The molecule has 1 saturated heterocycles. The summed E-state index contributed by atoms with van der Waals surface area (Å²) in [5.41, 5.74) is 11.9. The molecule has 0 spiro atoms. The molecule has 112 valence electrons. The zero-order valence-electron chi connectivity index (χ0n) is 11.8. The normalized spacial score (nSPS) is 29.8. The highest BCUT2D eigenvalue weighted by molar-refractivity contribution is 5.35. The van der Waals surface area contributed by atoms with Crippen LogP contribution in [0.2, 0.25) is 0 Å². The average Bonchev–Trinajstić information content (AvgIpc) is 2.71. The quantitative estimate of drug-likeness (QED) is 0.730. The number of hydrogen-bond donors (Lipinski definition) is 2. The van der Waals surface area contributed by atoms with E-state index < -0.39 is 18.0 Å². The van der Waals surface area contributed by atoms with Gasteiger partial charge in [0, 0.05) is 26.0 Å². The van der Waals surface area contributed by atoms with Gasteiger partial charge >= 0.3 is 5.69 Å². The van der Waals surface area contributed by atoms with Gasteiger partial charge in [-0.1, -0.05) is 0 Å². The fourth-order valence-electron chi connectivity index (χ4n) is 2.38. The van der Waals surface area contributed by atoms with Crippen LogP contribution in [0.1, 0.15) is 11.8 Å². The Labute approximate surface area is 116 Å². The predicted molar refractivity (Wildman–Crippen MR) is 72.2 cm³/mol. The van der Waals surface area contributed by atoms with Crippen LogP contribution >= 0.6 is 0 Å². The summed E-state index contributed by atoms with van der Waals surface area (Å²) in [7, 11) is 3.12. The first kappa shape index (κ1) is 14.9. The molecular formula is C12H20N4O4. The lowest BCUT2D eigenvalue weighted by atomic mass is 10.1. The smallest absolute Gasteiger partial charge is 0.351 e. The molecule has 4 N–H and O–H groups in total. The minimum Gasteiger partial charge on any atom is -0.383 e. The minimum atomic E-state index is -0.653. The zero-order chi connectivity index (χ0) is 14.9. The average molecular weight is 284 g/mol. The zero-order valence-corrected chi connectivity index (χ0v) is 11.8. The van der Waals surface area contributed by atoms with Crippen LogP contribution in [0.4, 0.5) is 5.82 Å². The van der Waals surface area contributed by atoms with Crippen LogP contribution in [0.3, 0.4) is 0 Å². The molecule has 0 aliphatic carbocycles. The molecule has 2 heterocycles. The van der Waals surface area contributed by atoms with Crippen molar-refractivity contribution in [2.45, 2.75) is 31.4 Å². The maximum absolute atomic E-state index is 11.9. The summed E-state index contributed by atoms with van der Waals surface area (Å²) < 4.78 is 17.6. The third-order valence-corrected chi connectivity index (χ3v) is 3.44. The number of aryl methyl sites for hydroxylation is 1. The Morgan fingerprint density at radius 3 is 2.80 bits per heavy atom. The topological polar surface area (TPSA) is 115 Å². The summed E-state index contributed by atoms with van der Waals surface area (Å²) in [5, 5.41) is 0. The van der Waals surface area contributed by atoms with Gasteiger partial charge in [0.2, 0.25) is 0 Å². The number of hydrogen-bond acceptors (Lipinski definition) is 7. The van der Waals surface area contributed by atoms with Crippen molar-refractivity contribution in [3.63, 3.8) is 0 Å². The summed E-state index contributed by atoms with van der Waals surface area (Å²) in [4.78, 5) is 15.7. The Bertz CT molecular complexity index is 533. The highest BCUT2D eigenvalue weighted by Crippen LogP contribution is 2.29.